The molecule has 1 unspecified atom stereocenters. The highest BCUT2D eigenvalue weighted by Gasteiger charge is 2.29. The molecule has 0 aromatic heterocycles. The number of carbonyl (C=O) groups excluding carboxylic acids is 3. The number of hydrogen-bond donors (Lipinski definition) is 2. The molecule has 0 heterocycles. The fourth-order valence-corrected chi connectivity index (χ4v) is 3.70. The first kappa shape index (κ1) is 34.8. The number of ether oxygens (including phenoxy) is 2. The van der Waals surface area contributed by atoms with E-state index in [4.69, 9.17) is 14.6 Å². The van der Waals surface area contributed by atoms with Gasteiger partial charge in [0.25, 0.3) is 6.47 Å². The summed E-state index contributed by atoms with van der Waals surface area (Å²) < 4.78 is 10.2. The molecular weight excluding hydrogens is 472 g/mol. The van der Waals surface area contributed by atoms with Crippen LogP contribution in [0.2, 0.25) is 0 Å². The number of esters is 1. The lowest BCUT2D eigenvalue weighted by molar-refractivity contribution is -0.149. The number of hydrogen-bond acceptors (Lipinski definition) is 7. The van der Waals surface area contributed by atoms with Gasteiger partial charge in [-0.3, -0.25) is 14.4 Å². The van der Waals surface area contributed by atoms with Crippen molar-refractivity contribution in [3.8, 4) is 0 Å². The Balaban J connectivity index is 4.01. The average Bonchev–Trinajstić information content (AvgIpc) is 2.87. The van der Waals surface area contributed by atoms with Crippen LogP contribution in [-0.4, -0.2) is 73.9 Å². The van der Waals surface area contributed by atoms with E-state index < -0.39 is 5.54 Å². The smallest absolute Gasteiger partial charge is 0.305 e. The van der Waals surface area contributed by atoms with Crippen LogP contribution in [-0.2, 0) is 23.9 Å². The van der Waals surface area contributed by atoms with Crippen LogP contribution in [0, 0.1) is 0 Å². The third kappa shape index (κ3) is 22.7. The summed E-state index contributed by atoms with van der Waals surface area (Å²) in [6.45, 7) is 5.02. The van der Waals surface area contributed by atoms with Crippen LogP contribution < -0.4 is 5.32 Å². The number of likely N-dealkylation sites (N-methyl/N-ethyl adjacent to an activating group) is 1. The SMILES string of the molecule is CCCCC/C=C\C/C=C\CCCCCCCC(=O)OCC(C)(COC=O)NC(=O)CCN(C)CCO. The highest BCUT2D eigenvalue weighted by atomic mass is 16.5. The molecule has 0 aliphatic carbocycles. The maximum Gasteiger partial charge on any atom is 0.305 e. The minimum Gasteiger partial charge on any atom is -0.465 e. The Kier molecular flexibility index (Phi) is 22.7. The van der Waals surface area contributed by atoms with E-state index in [2.05, 4.69) is 36.5 Å². The number of unbranched alkanes of at least 4 members (excludes halogenated alkanes) is 8. The first-order valence-corrected chi connectivity index (χ1v) is 14.0. The van der Waals surface area contributed by atoms with Crippen molar-refractivity contribution in [2.24, 2.45) is 0 Å². The number of aliphatic hydroxyl groups is 1. The highest BCUT2D eigenvalue weighted by molar-refractivity contribution is 5.77. The Morgan fingerprint density at radius 2 is 1.54 bits per heavy atom. The summed E-state index contributed by atoms with van der Waals surface area (Å²) in [5.74, 6) is -0.563. The predicted molar refractivity (Wildman–Crippen MR) is 148 cm³/mol. The summed E-state index contributed by atoms with van der Waals surface area (Å²) in [5, 5.41) is 11.8. The maximum absolute atomic E-state index is 12.3. The lowest BCUT2D eigenvalue weighted by Gasteiger charge is -2.29. The quantitative estimate of drug-likeness (QED) is 0.0771. The molecule has 0 bridgehead atoms. The van der Waals surface area contributed by atoms with Gasteiger partial charge in [-0.25, -0.2) is 0 Å². The number of nitrogens with one attached hydrogen (secondary N) is 1. The molecule has 1 amide bonds. The van der Waals surface area contributed by atoms with Crippen molar-refractivity contribution in [1.29, 1.82) is 0 Å². The summed E-state index contributed by atoms with van der Waals surface area (Å²) >= 11 is 0. The molecule has 0 aromatic carbocycles. The van der Waals surface area contributed by atoms with Crippen molar-refractivity contribution >= 4 is 18.3 Å². The lowest BCUT2D eigenvalue weighted by atomic mass is 10.0. The van der Waals surface area contributed by atoms with Crippen LogP contribution in [0.5, 0.6) is 0 Å². The van der Waals surface area contributed by atoms with E-state index in [0.717, 1.165) is 44.9 Å². The zero-order valence-electron chi connectivity index (χ0n) is 23.6. The molecule has 0 rings (SSSR count). The van der Waals surface area contributed by atoms with Gasteiger partial charge < -0.3 is 24.8 Å². The van der Waals surface area contributed by atoms with Gasteiger partial charge >= 0.3 is 5.97 Å². The first-order valence-electron chi connectivity index (χ1n) is 14.0. The van der Waals surface area contributed by atoms with Gasteiger partial charge in [-0.05, 0) is 52.5 Å². The normalized spacial score (nSPS) is 13.2. The van der Waals surface area contributed by atoms with Gasteiger partial charge in [0.15, 0.2) is 0 Å². The summed E-state index contributed by atoms with van der Waals surface area (Å²) in [4.78, 5) is 37.0. The van der Waals surface area contributed by atoms with Crippen LogP contribution in [0.3, 0.4) is 0 Å². The van der Waals surface area contributed by atoms with E-state index >= 15 is 0 Å². The molecule has 0 fully saturated rings. The van der Waals surface area contributed by atoms with Crippen LogP contribution in [0.1, 0.15) is 97.3 Å². The molecular formula is C29H52N2O6. The van der Waals surface area contributed by atoms with Gasteiger partial charge in [-0.2, -0.15) is 0 Å². The molecule has 0 saturated carbocycles. The molecule has 8 heteroatoms. The van der Waals surface area contributed by atoms with Crippen LogP contribution >= 0.6 is 0 Å². The maximum atomic E-state index is 12.3. The number of rotatable bonds is 25. The van der Waals surface area contributed by atoms with Gasteiger partial charge in [-0.1, -0.05) is 63.3 Å². The molecule has 0 spiro atoms. The average molecular weight is 525 g/mol. The highest BCUT2D eigenvalue weighted by Crippen LogP contribution is 2.11. The Labute approximate surface area is 224 Å². The second kappa shape index (κ2) is 24.2. The van der Waals surface area contributed by atoms with Crippen molar-refractivity contribution in [3.63, 3.8) is 0 Å². The molecule has 0 aliphatic heterocycles. The van der Waals surface area contributed by atoms with Crippen molar-refractivity contribution in [2.75, 3.05) is 40.0 Å². The van der Waals surface area contributed by atoms with Gasteiger partial charge in [0.2, 0.25) is 5.91 Å². The Bertz CT molecular complexity index is 652. The van der Waals surface area contributed by atoms with Crippen LogP contribution in [0.4, 0.5) is 0 Å². The minimum atomic E-state index is -0.998. The van der Waals surface area contributed by atoms with E-state index in [1.54, 1.807) is 6.92 Å². The van der Waals surface area contributed by atoms with E-state index in [9.17, 15) is 14.4 Å². The van der Waals surface area contributed by atoms with Gasteiger partial charge in [0.1, 0.15) is 18.8 Å². The Morgan fingerprint density at radius 1 is 0.892 bits per heavy atom. The molecule has 2 N–H and O–H groups in total. The lowest BCUT2D eigenvalue weighted by Crippen LogP contribution is -2.53. The van der Waals surface area contributed by atoms with Gasteiger partial charge in [0.05, 0.1) is 6.61 Å². The van der Waals surface area contributed by atoms with Crippen molar-refractivity contribution in [2.45, 2.75) is 103 Å². The topological polar surface area (TPSA) is 105 Å². The first-order chi connectivity index (χ1) is 17.9. The Hall–Kier alpha value is -2.19. The number of amides is 1. The van der Waals surface area contributed by atoms with E-state index in [1.807, 2.05) is 11.9 Å². The summed E-state index contributed by atoms with van der Waals surface area (Å²) in [5.41, 5.74) is -0.998. The zero-order valence-corrected chi connectivity index (χ0v) is 23.6. The van der Waals surface area contributed by atoms with Gasteiger partial charge in [0, 0.05) is 25.9 Å². The summed E-state index contributed by atoms with van der Waals surface area (Å²) in [7, 11) is 1.81. The zero-order chi connectivity index (χ0) is 27.6. The van der Waals surface area contributed by atoms with Crippen molar-refractivity contribution < 1.29 is 29.0 Å². The van der Waals surface area contributed by atoms with E-state index in [1.165, 1.54) is 25.7 Å². The fourth-order valence-electron chi connectivity index (χ4n) is 3.70. The molecule has 0 radical (unpaired) electrons. The van der Waals surface area contributed by atoms with Crippen LogP contribution in [0.25, 0.3) is 0 Å². The van der Waals surface area contributed by atoms with Gasteiger partial charge in [-0.15, -0.1) is 0 Å². The molecule has 0 saturated heterocycles. The monoisotopic (exact) mass is 524 g/mol. The number of allylic oxidation sites excluding steroid dienone is 4. The molecule has 0 aromatic rings. The largest absolute Gasteiger partial charge is 0.465 e. The number of carbonyl (C=O) groups is 3. The number of nitrogens with zero attached hydrogens (tertiary/aromatic N) is 1. The molecule has 37 heavy (non-hydrogen) atoms. The van der Waals surface area contributed by atoms with Crippen molar-refractivity contribution in [3.05, 3.63) is 24.3 Å². The molecule has 0 aliphatic rings. The third-order valence-electron chi connectivity index (χ3n) is 6.00. The van der Waals surface area contributed by atoms with E-state index in [-0.39, 0.29) is 38.1 Å². The second-order valence-electron chi connectivity index (χ2n) is 9.93. The molecule has 8 nitrogen and oxygen atoms in total. The number of aliphatic hydroxyl groups excluding tert-OH is 1. The second-order valence-corrected chi connectivity index (χ2v) is 9.93. The van der Waals surface area contributed by atoms with E-state index in [0.29, 0.717) is 26.0 Å². The molecule has 214 valence electrons. The molecule has 1 atom stereocenters. The summed E-state index contributed by atoms with van der Waals surface area (Å²) in [6, 6.07) is 0. The third-order valence-corrected chi connectivity index (χ3v) is 6.00. The Morgan fingerprint density at radius 3 is 2.19 bits per heavy atom. The van der Waals surface area contributed by atoms with Crippen molar-refractivity contribution in [1.82, 2.24) is 10.2 Å². The standard InChI is InChI=1S/C29H52N2O6/c1-4-5-6-7-8-9-10-11-12-13-14-15-16-17-18-19-28(35)37-25-29(2,24-36-26-33)30-27(34)20-21-31(3)22-23-32/h8-9,11-12,26,32H,4-7,10,13-25H2,1-3H3,(H,30,34)/b9-8-,12-11-. The predicted octanol–water partition coefficient (Wildman–Crippen LogP) is 4.71. The summed E-state index contributed by atoms with van der Waals surface area (Å²) in [6.07, 6.45) is 21.8. The minimum absolute atomic E-state index is 0.0215. The van der Waals surface area contributed by atoms with Crippen LogP contribution in [0.15, 0.2) is 24.3 Å². The fraction of sp³-hybridized carbons (Fsp3) is 0.759.